The molecule has 7 nitrogen and oxygen atoms in total. The number of nitrogens with one attached hydrogen (secondary N) is 1. The van der Waals surface area contributed by atoms with Gasteiger partial charge in [0.2, 0.25) is 0 Å². The minimum atomic E-state index is -1.77. The van der Waals surface area contributed by atoms with Gasteiger partial charge in [0.1, 0.15) is 5.92 Å². The van der Waals surface area contributed by atoms with Gasteiger partial charge in [-0.15, -0.1) is 0 Å². The Morgan fingerprint density at radius 1 is 1.35 bits per heavy atom. The first-order valence-corrected chi connectivity index (χ1v) is 6.45. The van der Waals surface area contributed by atoms with Gasteiger partial charge in [0.05, 0.1) is 6.61 Å². The summed E-state index contributed by atoms with van der Waals surface area (Å²) in [7, 11) is 0. The van der Waals surface area contributed by atoms with Gasteiger partial charge in [0.25, 0.3) is 5.79 Å². The van der Waals surface area contributed by atoms with Crippen LogP contribution in [0.15, 0.2) is 0 Å². The van der Waals surface area contributed by atoms with Crippen molar-refractivity contribution in [2.45, 2.75) is 39.4 Å². The Hall–Kier alpha value is -1.92. The van der Waals surface area contributed by atoms with E-state index in [1.54, 1.807) is 6.92 Å². The molecular weight excluding hydrogens is 266 g/mol. The fourth-order valence-electron chi connectivity index (χ4n) is 2.66. The number of ether oxygens (including phenoxy) is 3. The Labute approximate surface area is 116 Å². The average Bonchev–Trinajstić information content (AvgIpc) is 2.65. The molecule has 1 saturated heterocycles. The smallest absolute Gasteiger partial charge is 0.328 e. The van der Waals surface area contributed by atoms with Crippen LogP contribution in [-0.4, -0.2) is 36.0 Å². The standard InChI is InChI=1S/C13H17NO6/c1-4-18-9(15)8-7(14)5-6-13(8)10(16)19-12(2,3)20-11(13)17/h8,14H,4-6H2,1-3H3. The molecule has 0 bridgehead atoms. The Balaban J connectivity index is 2.42. The lowest BCUT2D eigenvalue weighted by molar-refractivity contribution is -0.253. The monoisotopic (exact) mass is 283 g/mol. The molecule has 0 aromatic rings. The molecule has 0 aromatic carbocycles. The summed E-state index contributed by atoms with van der Waals surface area (Å²) in [4.78, 5) is 36.6. The van der Waals surface area contributed by atoms with Crippen LogP contribution in [-0.2, 0) is 28.6 Å². The molecule has 2 aliphatic rings. The molecule has 7 heteroatoms. The van der Waals surface area contributed by atoms with E-state index in [1.165, 1.54) is 13.8 Å². The van der Waals surface area contributed by atoms with E-state index < -0.39 is 35.0 Å². The Morgan fingerprint density at radius 2 is 1.90 bits per heavy atom. The lowest BCUT2D eigenvalue weighted by Gasteiger charge is -2.40. The summed E-state index contributed by atoms with van der Waals surface area (Å²) < 4.78 is 15.1. The molecule has 1 spiro atoms. The lowest BCUT2D eigenvalue weighted by atomic mass is 9.76. The molecule has 0 amide bonds. The number of carbonyl (C=O) groups excluding carboxylic acids is 3. The fraction of sp³-hybridized carbons (Fsp3) is 0.692. The van der Waals surface area contributed by atoms with Crippen molar-refractivity contribution in [2.24, 2.45) is 11.3 Å². The van der Waals surface area contributed by atoms with Crippen molar-refractivity contribution in [3.8, 4) is 0 Å². The minimum Gasteiger partial charge on any atom is -0.465 e. The summed E-state index contributed by atoms with van der Waals surface area (Å²) in [6, 6.07) is 0. The topological polar surface area (TPSA) is 103 Å². The molecule has 0 radical (unpaired) electrons. The van der Waals surface area contributed by atoms with Crippen molar-refractivity contribution >= 4 is 23.6 Å². The van der Waals surface area contributed by atoms with Crippen molar-refractivity contribution in [3.05, 3.63) is 0 Å². The number of hydrogen-bond acceptors (Lipinski definition) is 7. The van der Waals surface area contributed by atoms with Crippen LogP contribution in [0.25, 0.3) is 0 Å². The van der Waals surface area contributed by atoms with Gasteiger partial charge in [-0.25, -0.2) is 0 Å². The predicted octanol–water partition coefficient (Wildman–Crippen LogP) is 0.802. The van der Waals surface area contributed by atoms with E-state index >= 15 is 0 Å². The molecule has 1 unspecified atom stereocenters. The van der Waals surface area contributed by atoms with Crippen LogP contribution in [0.4, 0.5) is 0 Å². The van der Waals surface area contributed by atoms with E-state index in [2.05, 4.69) is 0 Å². The van der Waals surface area contributed by atoms with Crippen LogP contribution < -0.4 is 0 Å². The second-order valence-corrected chi connectivity index (χ2v) is 5.36. The summed E-state index contributed by atoms with van der Waals surface area (Å²) >= 11 is 0. The van der Waals surface area contributed by atoms with Gasteiger partial charge in [0.15, 0.2) is 5.41 Å². The maximum Gasteiger partial charge on any atom is 0.328 e. The number of rotatable bonds is 2. The highest BCUT2D eigenvalue weighted by Gasteiger charge is 2.66. The molecule has 0 aromatic heterocycles. The van der Waals surface area contributed by atoms with Crippen molar-refractivity contribution in [1.82, 2.24) is 0 Å². The van der Waals surface area contributed by atoms with Crippen molar-refractivity contribution in [1.29, 1.82) is 5.41 Å². The first-order chi connectivity index (χ1) is 9.24. The fourth-order valence-corrected chi connectivity index (χ4v) is 2.66. The zero-order chi connectivity index (χ0) is 15.1. The maximum atomic E-state index is 12.3. The average molecular weight is 283 g/mol. The summed E-state index contributed by atoms with van der Waals surface area (Å²) in [5.41, 5.74) is -1.77. The van der Waals surface area contributed by atoms with Crippen molar-refractivity contribution < 1.29 is 28.6 Å². The normalized spacial score (nSPS) is 27.1. The molecule has 20 heavy (non-hydrogen) atoms. The van der Waals surface area contributed by atoms with E-state index in [9.17, 15) is 14.4 Å². The predicted molar refractivity (Wildman–Crippen MR) is 65.8 cm³/mol. The SMILES string of the molecule is CCOC(=O)C1C(=N)CCC12C(=O)OC(C)(C)OC2=O. The number of hydrogen-bond donors (Lipinski definition) is 1. The quantitative estimate of drug-likeness (QED) is 0.594. The van der Waals surface area contributed by atoms with Crippen LogP contribution in [0.3, 0.4) is 0 Å². The summed E-state index contributed by atoms with van der Waals surface area (Å²) in [5, 5.41) is 7.84. The van der Waals surface area contributed by atoms with Crippen LogP contribution >= 0.6 is 0 Å². The minimum absolute atomic E-state index is 0.00273. The number of carbonyl (C=O) groups is 3. The van der Waals surface area contributed by atoms with Gasteiger partial charge in [-0.2, -0.15) is 0 Å². The molecule has 2 fully saturated rings. The van der Waals surface area contributed by atoms with Crippen LogP contribution in [0.5, 0.6) is 0 Å². The third-order valence-electron chi connectivity index (χ3n) is 3.56. The molecular formula is C13H17NO6. The van der Waals surface area contributed by atoms with Gasteiger partial charge in [-0.3, -0.25) is 14.4 Å². The summed E-state index contributed by atoms with van der Waals surface area (Å²) in [6.07, 6.45) is 0.192. The van der Waals surface area contributed by atoms with Gasteiger partial charge < -0.3 is 19.6 Å². The first kappa shape index (κ1) is 14.5. The largest absolute Gasteiger partial charge is 0.465 e. The van der Waals surface area contributed by atoms with Gasteiger partial charge in [0, 0.05) is 19.6 Å². The zero-order valence-corrected chi connectivity index (χ0v) is 11.6. The van der Waals surface area contributed by atoms with E-state index in [0.29, 0.717) is 0 Å². The Kier molecular flexibility index (Phi) is 3.31. The second-order valence-electron chi connectivity index (χ2n) is 5.36. The van der Waals surface area contributed by atoms with Crippen LogP contribution in [0.1, 0.15) is 33.6 Å². The molecule has 110 valence electrons. The first-order valence-electron chi connectivity index (χ1n) is 6.45. The lowest BCUT2D eigenvalue weighted by Crippen LogP contribution is -2.57. The van der Waals surface area contributed by atoms with Gasteiger partial charge in [-0.1, -0.05) is 0 Å². The Morgan fingerprint density at radius 3 is 2.40 bits per heavy atom. The van der Waals surface area contributed by atoms with Gasteiger partial charge in [-0.05, 0) is 19.8 Å². The molecule has 1 atom stereocenters. The van der Waals surface area contributed by atoms with E-state index in [0.717, 1.165) is 0 Å². The van der Waals surface area contributed by atoms with Gasteiger partial charge >= 0.3 is 17.9 Å². The van der Waals surface area contributed by atoms with Crippen LogP contribution in [0, 0.1) is 16.7 Å². The highest BCUT2D eigenvalue weighted by atomic mass is 16.7. The van der Waals surface area contributed by atoms with Crippen LogP contribution in [0.2, 0.25) is 0 Å². The molecule has 1 N–H and O–H groups in total. The third kappa shape index (κ3) is 1.97. The van der Waals surface area contributed by atoms with E-state index in [4.69, 9.17) is 19.6 Å². The van der Waals surface area contributed by atoms with Crippen molar-refractivity contribution in [3.63, 3.8) is 0 Å². The highest BCUT2D eigenvalue weighted by molar-refractivity contribution is 6.16. The third-order valence-corrected chi connectivity index (χ3v) is 3.56. The summed E-state index contributed by atoms with van der Waals surface area (Å²) in [6.45, 7) is 4.60. The highest BCUT2D eigenvalue weighted by Crippen LogP contribution is 2.48. The number of cyclic esters (lactones) is 2. The maximum absolute atomic E-state index is 12.3. The van der Waals surface area contributed by atoms with E-state index in [-0.39, 0.29) is 25.2 Å². The molecule has 1 saturated carbocycles. The molecule has 1 aliphatic carbocycles. The van der Waals surface area contributed by atoms with E-state index in [1.807, 2.05) is 0 Å². The molecule has 2 rings (SSSR count). The second kappa shape index (κ2) is 4.57. The number of esters is 3. The van der Waals surface area contributed by atoms with Crippen molar-refractivity contribution in [2.75, 3.05) is 6.61 Å². The Bertz CT molecular complexity index is 475. The summed E-state index contributed by atoms with van der Waals surface area (Å²) in [5.74, 6) is -5.01. The zero-order valence-electron chi connectivity index (χ0n) is 11.6. The molecule has 1 aliphatic heterocycles. The molecule has 1 heterocycles.